The molecule has 0 aromatic heterocycles. The molecule has 0 aliphatic carbocycles. The Morgan fingerprint density at radius 3 is 2.60 bits per heavy atom. The average molecular weight is 288 g/mol. The molecule has 82 valence electrons. The molecule has 0 bridgehead atoms. The first-order chi connectivity index (χ1) is 6.89. The maximum atomic E-state index is 11.6. The topological polar surface area (TPSA) is 35.4 Å². The van der Waals surface area contributed by atoms with Gasteiger partial charge in [-0.15, -0.1) is 0 Å². The van der Waals surface area contributed by atoms with E-state index in [0.717, 1.165) is 10.0 Å². The summed E-state index contributed by atoms with van der Waals surface area (Å²) < 4.78 is 16.3. The molecular formula is C11H14BrNOS. The van der Waals surface area contributed by atoms with E-state index in [9.17, 15) is 4.55 Å². The van der Waals surface area contributed by atoms with Crippen LogP contribution in [-0.2, 0) is 11.4 Å². The van der Waals surface area contributed by atoms with E-state index in [0.29, 0.717) is 0 Å². The average Bonchev–Trinajstić information content (AvgIpc) is 2.12. The van der Waals surface area contributed by atoms with Crippen LogP contribution in [0.3, 0.4) is 0 Å². The number of halogens is 1. The summed E-state index contributed by atoms with van der Waals surface area (Å²) in [7, 11) is 0. The van der Waals surface area contributed by atoms with Crippen LogP contribution in [0.25, 0.3) is 0 Å². The van der Waals surface area contributed by atoms with Crippen LogP contribution in [0.1, 0.15) is 26.3 Å². The smallest absolute Gasteiger partial charge is 0.144 e. The third kappa shape index (κ3) is 4.36. The van der Waals surface area contributed by atoms with Crippen molar-refractivity contribution < 1.29 is 4.55 Å². The maximum Gasteiger partial charge on any atom is 0.144 e. The summed E-state index contributed by atoms with van der Waals surface area (Å²) in [4.78, 5) is 0. The third-order valence-electron chi connectivity index (χ3n) is 1.67. The Balaban J connectivity index is 2.74. The van der Waals surface area contributed by atoms with Gasteiger partial charge in [0, 0.05) is 4.47 Å². The minimum Gasteiger partial charge on any atom is -0.591 e. The van der Waals surface area contributed by atoms with Crippen LogP contribution in [0.2, 0.25) is 0 Å². The summed E-state index contributed by atoms with van der Waals surface area (Å²) in [6.45, 7) is 5.71. The predicted octanol–water partition coefficient (Wildman–Crippen LogP) is 3.33. The van der Waals surface area contributed by atoms with Gasteiger partial charge in [-0.1, -0.05) is 32.5 Å². The predicted molar refractivity (Wildman–Crippen MR) is 69.6 cm³/mol. The molecule has 0 heterocycles. The van der Waals surface area contributed by atoms with Gasteiger partial charge in [-0.2, -0.15) is 0 Å². The lowest BCUT2D eigenvalue weighted by atomic mass is 10.2. The molecule has 1 atom stereocenters. The molecule has 15 heavy (non-hydrogen) atoms. The summed E-state index contributed by atoms with van der Waals surface area (Å²) in [5.41, 5.74) is 0.946. The Bertz CT molecular complexity index is 360. The van der Waals surface area contributed by atoms with E-state index >= 15 is 0 Å². The van der Waals surface area contributed by atoms with Gasteiger partial charge in [0.1, 0.15) is 16.1 Å². The molecule has 0 aliphatic rings. The molecule has 0 unspecified atom stereocenters. The Hall–Kier alpha value is -0.320. The molecule has 0 fully saturated rings. The van der Waals surface area contributed by atoms with Crippen molar-refractivity contribution in [2.75, 3.05) is 0 Å². The fraction of sp³-hybridized carbons (Fsp3) is 0.364. The third-order valence-corrected chi connectivity index (χ3v) is 3.51. The molecule has 4 heteroatoms. The highest BCUT2D eigenvalue weighted by Gasteiger charge is 2.25. The van der Waals surface area contributed by atoms with Crippen molar-refractivity contribution in [1.82, 2.24) is 0 Å². The summed E-state index contributed by atoms with van der Waals surface area (Å²) >= 11 is 2.18. The van der Waals surface area contributed by atoms with Crippen LogP contribution in [0.5, 0.6) is 0 Å². The second kappa shape index (κ2) is 5.14. The van der Waals surface area contributed by atoms with Crippen molar-refractivity contribution in [3.63, 3.8) is 0 Å². The SMILES string of the molecule is CC(C)(C)[S@+]([O-])N=Cc1cccc(Br)c1. The lowest BCUT2D eigenvalue weighted by molar-refractivity contribution is 0.562. The maximum absolute atomic E-state index is 11.6. The van der Waals surface area contributed by atoms with Gasteiger partial charge in [0.05, 0.1) is 6.21 Å². The largest absolute Gasteiger partial charge is 0.591 e. The number of benzene rings is 1. The van der Waals surface area contributed by atoms with Gasteiger partial charge >= 0.3 is 0 Å². The standard InChI is InChI=1S/C11H14BrNOS/c1-11(2,3)15(14)13-8-9-5-4-6-10(12)7-9/h4-8H,1-3H3/t15-/m0/s1. The van der Waals surface area contributed by atoms with Crippen LogP contribution >= 0.6 is 15.9 Å². The van der Waals surface area contributed by atoms with E-state index in [4.69, 9.17) is 0 Å². The highest BCUT2D eigenvalue weighted by atomic mass is 79.9. The molecule has 0 N–H and O–H groups in total. The molecule has 2 nitrogen and oxygen atoms in total. The fourth-order valence-electron chi connectivity index (χ4n) is 0.854. The number of hydrogen-bond acceptors (Lipinski definition) is 2. The molecule has 1 aromatic rings. The van der Waals surface area contributed by atoms with Crippen LogP contribution < -0.4 is 0 Å². The minimum atomic E-state index is -1.19. The lowest BCUT2D eigenvalue weighted by Crippen LogP contribution is -2.25. The van der Waals surface area contributed by atoms with Gasteiger partial charge in [0.25, 0.3) is 0 Å². The molecule has 0 amide bonds. The Kier molecular flexibility index (Phi) is 4.37. The molecule has 1 rings (SSSR count). The zero-order chi connectivity index (χ0) is 11.5. The van der Waals surface area contributed by atoms with Crippen LogP contribution in [-0.4, -0.2) is 15.5 Å². The Labute approximate surface area is 102 Å². The summed E-state index contributed by atoms with van der Waals surface area (Å²) in [6.07, 6.45) is 1.64. The molecular weight excluding hydrogens is 274 g/mol. The molecule has 0 saturated heterocycles. The monoisotopic (exact) mass is 287 g/mol. The van der Waals surface area contributed by atoms with Gasteiger partial charge in [-0.3, -0.25) is 0 Å². The molecule has 1 aromatic carbocycles. The van der Waals surface area contributed by atoms with Crippen LogP contribution in [0.15, 0.2) is 33.1 Å². The van der Waals surface area contributed by atoms with Crippen molar-refractivity contribution in [2.45, 2.75) is 25.5 Å². The first-order valence-corrected chi connectivity index (χ1v) is 6.51. The Morgan fingerprint density at radius 1 is 1.40 bits per heavy atom. The van der Waals surface area contributed by atoms with Crippen molar-refractivity contribution in [1.29, 1.82) is 0 Å². The lowest BCUT2D eigenvalue weighted by Gasteiger charge is -2.17. The van der Waals surface area contributed by atoms with E-state index in [1.807, 2.05) is 45.0 Å². The highest BCUT2D eigenvalue weighted by Crippen LogP contribution is 2.17. The van der Waals surface area contributed by atoms with Crippen molar-refractivity contribution in [3.8, 4) is 0 Å². The van der Waals surface area contributed by atoms with Crippen molar-refractivity contribution >= 4 is 33.5 Å². The Morgan fingerprint density at radius 2 is 2.07 bits per heavy atom. The highest BCUT2D eigenvalue weighted by molar-refractivity contribution is 9.10. The normalized spacial score (nSPS) is 14.5. The zero-order valence-corrected chi connectivity index (χ0v) is 11.4. The number of hydrogen-bond donors (Lipinski definition) is 0. The van der Waals surface area contributed by atoms with E-state index in [1.54, 1.807) is 6.21 Å². The second-order valence-electron chi connectivity index (χ2n) is 4.15. The molecule has 0 aliphatic heterocycles. The van der Waals surface area contributed by atoms with Crippen LogP contribution in [0.4, 0.5) is 0 Å². The van der Waals surface area contributed by atoms with Crippen LogP contribution in [0, 0.1) is 0 Å². The second-order valence-corrected chi connectivity index (χ2v) is 7.00. The zero-order valence-electron chi connectivity index (χ0n) is 9.03. The van der Waals surface area contributed by atoms with Crippen molar-refractivity contribution in [2.24, 2.45) is 4.40 Å². The van der Waals surface area contributed by atoms with Gasteiger partial charge in [0.2, 0.25) is 0 Å². The van der Waals surface area contributed by atoms with Crippen molar-refractivity contribution in [3.05, 3.63) is 34.3 Å². The first kappa shape index (κ1) is 12.7. The first-order valence-electron chi connectivity index (χ1n) is 4.61. The summed E-state index contributed by atoms with van der Waals surface area (Å²) in [5.74, 6) is 0. The molecule has 0 spiro atoms. The van der Waals surface area contributed by atoms with E-state index in [-0.39, 0.29) is 4.75 Å². The van der Waals surface area contributed by atoms with Gasteiger partial charge < -0.3 is 4.55 Å². The van der Waals surface area contributed by atoms with E-state index < -0.39 is 11.4 Å². The molecule has 0 radical (unpaired) electrons. The summed E-state index contributed by atoms with van der Waals surface area (Å²) in [5, 5.41) is 0. The fourth-order valence-corrected chi connectivity index (χ4v) is 1.80. The van der Waals surface area contributed by atoms with Gasteiger partial charge in [0.15, 0.2) is 0 Å². The molecule has 0 saturated carbocycles. The van der Waals surface area contributed by atoms with E-state index in [2.05, 4.69) is 20.3 Å². The van der Waals surface area contributed by atoms with E-state index in [1.165, 1.54) is 0 Å². The quantitative estimate of drug-likeness (QED) is 0.607. The van der Waals surface area contributed by atoms with Gasteiger partial charge in [-0.25, -0.2) is 0 Å². The minimum absolute atomic E-state index is 0.303. The summed E-state index contributed by atoms with van der Waals surface area (Å²) in [6, 6.07) is 7.72. The number of rotatable bonds is 2. The number of nitrogens with zero attached hydrogens (tertiary/aromatic N) is 1. The van der Waals surface area contributed by atoms with Gasteiger partial charge in [-0.05, 0) is 38.5 Å².